The molecule has 170 valence electrons. The Kier molecular flexibility index (Phi) is 8.78. The Bertz CT molecular complexity index is 1020. The molecule has 9 heteroatoms. The van der Waals surface area contributed by atoms with E-state index >= 15 is 0 Å². The van der Waals surface area contributed by atoms with Crippen LogP contribution in [0.3, 0.4) is 0 Å². The van der Waals surface area contributed by atoms with E-state index in [2.05, 4.69) is 5.32 Å². The van der Waals surface area contributed by atoms with Crippen LogP contribution in [-0.2, 0) is 0 Å². The fraction of sp³-hybridized carbons (Fsp3) is 0.304. The molecule has 2 aromatic rings. The maximum absolute atomic E-state index is 13.3. The predicted molar refractivity (Wildman–Crippen MR) is 122 cm³/mol. The average molecular weight is 459 g/mol. The van der Waals surface area contributed by atoms with E-state index in [1.807, 2.05) is 6.92 Å². The van der Waals surface area contributed by atoms with Crippen molar-refractivity contribution in [1.82, 2.24) is 15.3 Å². The third kappa shape index (κ3) is 5.64. The summed E-state index contributed by atoms with van der Waals surface area (Å²) in [7, 11) is 1.45. The van der Waals surface area contributed by atoms with Crippen LogP contribution in [0.5, 0.6) is 0 Å². The SMILES string of the molecule is CCCCN(C(=O)c1ccc(C(=O)NCC)cc1Cl)N(C)C(=O)c1ccccc1C(N)=O. The van der Waals surface area contributed by atoms with E-state index in [-0.39, 0.29) is 34.2 Å². The highest BCUT2D eigenvalue weighted by Crippen LogP contribution is 2.22. The van der Waals surface area contributed by atoms with Crippen LogP contribution in [0.4, 0.5) is 0 Å². The van der Waals surface area contributed by atoms with Crippen molar-refractivity contribution in [3.63, 3.8) is 0 Å². The highest BCUT2D eigenvalue weighted by Gasteiger charge is 2.28. The third-order valence-electron chi connectivity index (χ3n) is 4.84. The maximum Gasteiger partial charge on any atom is 0.273 e. The van der Waals surface area contributed by atoms with Gasteiger partial charge in [0.15, 0.2) is 0 Å². The average Bonchev–Trinajstić information content (AvgIpc) is 2.78. The Morgan fingerprint density at radius 3 is 2.19 bits per heavy atom. The van der Waals surface area contributed by atoms with Crippen molar-refractivity contribution in [3.05, 3.63) is 69.7 Å². The standard InChI is InChI=1S/C23H27ClN4O4/c1-4-6-13-28(27(3)22(31)17-10-8-7-9-16(17)20(25)29)23(32)18-12-11-15(14-19(18)24)21(30)26-5-2/h7-12,14H,4-6,13H2,1-3H3,(H2,25,29)(H,26,30). The van der Waals surface area contributed by atoms with Crippen molar-refractivity contribution in [1.29, 1.82) is 0 Å². The number of rotatable bonds is 8. The first kappa shape index (κ1) is 24.9. The lowest BCUT2D eigenvalue weighted by Gasteiger charge is -2.32. The van der Waals surface area contributed by atoms with Gasteiger partial charge in [-0.15, -0.1) is 0 Å². The number of hydrogen-bond donors (Lipinski definition) is 2. The largest absolute Gasteiger partial charge is 0.366 e. The molecule has 2 rings (SSSR count). The van der Waals surface area contributed by atoms with Crippen LogP contribution in [0, 0.1) is 0 Å². The maximum atomic E-state index is 13.3. The first-order chi connectivity index (χ1) is 15.2. The summed E-state index contributed by atoms with van der Waals surface area (Å²) in [6, 6.07) is 10.5. The zero-order chi connectivity index (χ0) is 23.8. The molecule has 3 N–H and O–H groups in total. The number of nitrogens with two attached hydrogens (primary N) is 1. The molecule has 8 nitrogen and oxygen atoms in total. The molecular weight excluding hydrogens is 432 g/mol. The van der Waals surface area contributed by atoms with Crippen LogP contribution < -0.4 is 11.1 Å². The molecule has 0 saturated heterocycles. The van der Waals surface area contributed by atoms with E-state index in [0.717, 1.165) is 11.4 Å². The van der Waals surface area contributed by atoms with Gasteiger partial charge < -0.3 is 11.1 Å². The molecule has 0 saturated carbocycles. The van der Waals surface area contributed by atoms with E-state index in [0.29, 0.717) is 18.5 Å². The van der Waals surface area contributed by atoms with Gasteiger partial charge >= 0.3 is 0 Å². The van der Waals surface area contributed by atoms with E-state index in [1.54, 1.807) is 19.1 Å². The first-order valence-electron chi connectivity index (χ1n) is 10.3. The second-order valence-electron chi connectivity index (χ2n) is 7.07. The summed E-state index contributed by atoms with van der Waals surface area (Å²) in [5.74, 6) is -2.10. The number of unbranched alkanes of at least 4 members (excludes halogenated alkanes) is 1. The van der Waals surface area contributed by atoms with E-state index < -0.39 is 17.7 Å². The van der Waals surface area contributed by atoms with E-state index in [4.69, 9.17) is 17.3 Å². The summed E-state index contributed by atoms with van der Waals surface area (Å²) in [6.07, 6.45) is 1.42. The summed E-state index contributed by atoms with van der Waals surface area (Å²) in [5.41, 5.74) is 6.04. The van der Waals surface area contributed by atoms with Gasteiger partial charge in [-0.3, -0.25) is 24.2 Å². The van der Waals surface area contributed by atoms with Crippen molar-refractivity contribution in [2.45, 2.75) is 26.7 Å². The molecule has 0 aliphatic heterocycles. The van der Waals surface area contributed by atoms with Gasteiger partial charge in [-0.2, -0.15) is 0 Å². The predicted octanol–water partition coefficient (Wildman–Crippen LogP) is 3.12. The Morgan fingerprint density at radius 2 is 1.62 bits per heavy atom. The van der Waals surface area contributed by atoms with Crippen LogP contribution >= 0.6 is 11.6 Å². The molecule has 0 unspecified atom stereocenters. The Balaban J connectivity index is 2.39. The number of amides is 4. The lowest BCUT2D eigenvalue weighted by atomic mass is 10.1. The quantitative estimate of drug-likeness (QED) is 0.591. The van der Waals surface area contributed by atoms with Gasteiger partial charge in [0.05, 0.1) is 21.7 Å². The van der Waals surface area contributed by atoms with Gasteiger partial charge in [0.2, 0.25) is 5.91 Å². The lowest BCUT2D eigenvalue weighted by Crippen LogP contribution is -2.48. The molecule has 0 fully saturated rings. The number of hydrogen-bond acceptors (Lipinski definition) is 4. The summed E-state index contributed by atoms with van der Waals surface area (Å²) in [5, 5.41) is 5.20. The molecule has 32 heavy (non-hydrogen) atoms. The highest BCUT2D eigenvalue weighted by atomic mass is 35.5. The minimum Gasteiger partial charge on any atom is -0.366 e. The zero-order valence-corrected chi connectivity index (χ0v) is 19.1. The lowest BCUT2D eigenvalue weighted by molar-refractivity contribution is 0.00726. The second kappa shape index (κ2) is 11.3. The fourth-order valence-electron chi connectivity index (χ4n) is 3.10. The van der Waals surface area contributed by atoms with Gasteiger partial charge in [0.25, 0.3) is 17.7 Å². The van der Waals surface area contributed by atoms with Crippen LogP contribution in [0.1, 0.15) is 68.1 Å². The molecule has 0 radical (unpaired) electrons. The highest BCUT2D eigenvalue weighted by molar-refractivity contribution is 6.34. The molecule has 0 aliphatic rings. The van der Waals surface area contributed by atoms with Crippen molar-refractivity contribution in [3.8, 4) is 0 Å². The van der Waals surface area contributed by atoms with Crippen LogP contribution in [0.25, 0.3) is 0 Å². The number of primary amides is 1. The normalized spacial score (nSPS) is 10.4. The molecule has 0 aliphatic carbocycles. The van der Waals surface area contributed by atoms with Crippen LogP contribution in [-0.4, -0.2) is 53.8 Å². The number of benzene rings is 2. The molecular formula is C23H27ClN4O4. The smallest absolute Gasteiger partial charge is 0.273 e. The van der Waals surface area contributed by atoms with Crippen LogP contribution in [0.15, 0.2) is 42.5 Å². The van der Waals surface area contributed by atoms with Crippen LogP contribution in [0.2, 0.25) is 5.02 Å². The van der Waals surface area contributed by atoms with Gasteiger partial charge in [-0.1, -0.05) is 37.1 Å². The molecule has 0 aromatic heterocycles. The monoisotopic (exact) mass is 458 g/mol. The summed E-state index contributed by atoms with van der Waals surface area (Å²) < 4.78 is 0. The van der Waals surface area contributed by atoms with Gasteiger partial charge in [0.1, 0.15) is 0 Å². The first-order valence-corrected chi connectivity index (χ1v) is 10.7. The number of carbonyl (C=O) groups is 4. The molecule has 0 bridgehead atoms. The summed E-state index contributed by atoms with van der Waals surface area (Å²) in [6.45, 7) is 4.47. The molecule has 0 heterocycles. The summed E-state index contributed by atoms with van der Waals surface area (Å²) in [4.78, 5) is 50.3. The number of halogens is 1. The number of hydrazine groups is 1. The third-order valence-corrected chi connectivity index (χ3v) is 5.15. The number of nitrogens with zero attached hydrogens (tertiary/aromatic N) is 2. The molecule has 0 spiro atoms. The molecule has 4 amide bonds. The van der Waals surface area contributed by atoms with Crippen molar-refractivity contribution in [2.24, 2.45) is 5.73 Å². The van der Waals surface area contributed by atoms with Gasteiger partial charge in [0, 0.05) is 25.7 Å². The van der Waals surface area contributed by atoms with Crippen molar-refractivity contribution in [2.75, 3.05) is 20.1 Å². The van der Waals surface area contributed by atoms with E-state index in [9.17, 15) is 19.2 Å². The zero-order valence-electron chi connectivity index (χ0n) is 18.4. The van der Waals surface area contributed by atoms with Crippen molar-refractivity contribution < 1.29 is 19.2 Å². The summed E-state index contributed by atoms with van der Waals surface area (Å²) >= 11 is 6.32. The van der Waals surface area contributed by atoms with E-state index in [1.165, 1.54) is 42.4 Å². The second-order valence-corrected chi connectivity index (χ2v) is 7.48. The minimum atomic E-state index is -0.738. The van der Waals surface area contributed by atoms with Gasteiger partial charge in [-0.25, -0.2) is 5.01 Å². The molecule has 0 atom stereocenters. The Hall–Kier alpha value is -3.39. The Morgan fingerprint density at radius 1 is 0.969 bits per heavy atom. The number of nitrogens with one attached hydrogen (secondary N) is 1. The van der Waals surface area contributed by atoms with Gasteiger partial charge in [-0.05, 0) is 43.7 Å². The Labute approximate surface area is 192 Å². The molecule has 2 aromatic carbocycles. The topological polar surface area (TPSA) is 113 Å². The fourth-order valence-corrected chi connectivity index (χ4v) is 3.36. The minimum absolute atomic E-state index is 0.0663. The number of carbonyl (C=O) groups excluding carboxylic acids is 4. The van der Waals surface area contributed by atoms with Crippen molar-refractivity contribution >= 4 is 35.2 Å².